The largest absolute Gasteiger partial charge is 0.497 e. The van der Waals surface area contributed by atoms with Crippen molar-refractivity contribution < 1.29 is 32.5 Å². The Morgan fingerprint density at radius 1 is 0.761 bits per heavy atom. The lowest BCUT2D eigenvalue weighted by Crippen LogP contribution is -2.61. The van der Waals surface area contributed by atoms with E-state index < -0.39 is 22.2 Å². The highest BCUT2D eigenvalue weighted by Gasteiger charge is 2.50. The smallest absolute Gasteiger partial charge is 0.192 e. The fraction of sp³-hybridized carbons (Fsp3) is 0.676. The third-order valence-electron chi connectivity index (χ3n) is 10.3. The predicted molar refractivity (Wildman–Crippen MR) is 192 cm³/mol. The van der Waals surface area contributed by atoms with Crippen LogP contribution < -0.4 is 9.47 Å². The van der Waals surface area contributed by atoms with Gasteiger partial charge in [-0.15, -0.1) is 0 Å². The summed E-state index contributed by atoms with van der Waals surface area (Å²) >= 11 is 0. The van der Waals surface area contributed by atoms with Crippen LogP contribution in [0.2, 0.25) is 36.3 Å². The molecule has 2 aromatic rings. The SMILES string of the molecule is COc1ccc(COC[C@@]2(C)O[C@@H](CCO[Si](C)(C)C(C)(C)C)[C@H](O[Si](C)(C)C(C)(C)C)C[C@@H]2OCc2ccc(OC)cc2)cc1. The normalized spacial score (nSPS) is 22.9. The highest BCUT2D eigenvalue weighted by molar-refractivity contribution is 6.74. The van der Waals surface area contributed by atoms with Gasteiger partial charge in [0.2, 0.25) is 0 Å². The summed E-state index contributed by atoms with van der Waals surface area (Å²) in [5.74, 6) is 1.65. The maximum Gasteiger partial charge on any atom is 0.192 e. The summed E-state index contributed by atoms with van der Waals surface area (Å²) in [6.45, 7) is 27.0. The Bertz CT molecular complexity index is 1200. The highest BCUT2D eigenvalue weighted by Crippen LogP contribution is 2.43. The third-order valence-corrected chi connectivity index (χ3v) is 19.4. The van der Waals surface area contributed by atoms with E-state index in [9.17, 15) is 0 Å². The van der Waals surface area contributed by atoms with Gasteiger partial charge in [0.15, 0.2) is 16.6 Å². The molecule has 46 heavy (non-hydrogen) atoms. The summed E-state index contributed by atoms with van der Waals surface area (Å²) in [4.78, 5) is 0. The summed E-state index contributed by atoms with van der Waals surface area (Å²) in [6.07, 6.45) is 0.979. The van der Waals surface area contributed by atoms with Gasteiger partial charge < -0.3 is 32.5 Å². The third kappa shape index (κ3) is 10.4. The zero-order chi connectivity index (χ0) is 34.4. The predicted octanol–water partition coefficient (Wildman–Crippen LogP) is 9.16. The van der Waals surface area contributed by atoms with E-state index in [4.69, 9.17) is 32.5 Å². The quantitative estimate of drug-likeness (QED) is 0.175. The summed E-state index contributed by atoms with van der Waals surface area (Å²) in [5.41, 5.74) is 1.47. The van der Waals surface area contributed by atoms with Crippen LogP contribution >= 0.6 is 0 Å². The van der Waals surface area contributed by atoms with Crippen molar-refractivity contribution in [2.45, 2.75) is 135 Å². The number of benzene rings is 2. The number of methoxy groups -OCH3 is 2. The second kappa shape index (κ2) is 15.7. The van der Waals surface area contributed by atoms with Crippen LogP contribution in [0.15, 0.2) is 48.5 Å². The van der Waals surface area contributed by atoms with Crippen molar-refractivity contribution in [2.24, 2.45) is 0 Å². The molecule has 7 nitrogen and oxygen atoms in total. The van der Waals surface area contributed by atoms with Crippen LogP contribution in [-0.4, -0.2) is 68.0 Å². The number of hydrogen-bond donors (Lipinski definition) is 0. The molecule has 3 rings (SSSR count). The number of hydrogen-bond acceptors (Lipinski definition) is 7. The highest BCUT2D eigenvalue weighted by atomic mass is 28.4. The molecule has 9 heteroatoms. The summed E-state index contributed by atoms with van der Waals surface area (Å²) in [7, 11) is -0.674. The molecule has 1 heterocycles. The lowest BCUT2D eigenvalue weighted by molar-refractivity contribution is -0.250. The van der Waals surface area contributed by atoms with Crippen molar-refractivity contribution in [1.82, 2.24) is 0 Å². The maximum absolute atomic E-state index is 7.13. The van der Waals surface area contributed by atoms with Crippen LogP contribution in [0.5, 0.6) is 11.5 Å². The van der Waals surface area contributed by atoms with Gasteiger partial charge in [0.05, 0.1) is 52.4 Å². The average molecular weight is 675 g/mol. The molecule has 0 bridgehead atoms. The standard InChI is InChI=1S/C37H62O7Si2/c1-35(2,3)45(10,11)42-23-22-32-33(44-46(12,13)36(4,5)6)24-34(41-26-29-16-20-31(39-9)21-17-29)37(7,43-32)27-40-25-28-14-18-30(38-8)19-15-28/h14-21,32-34H,22-27H2,1-13H3/t32-,33+,34-,37+/m0/s1. The fourth-order valence-electron chi connectivity index (χ4n) is 5.06. The first-order valence-electron chi connectivity index (χ1n) is 16.7. The Morgan fingerprint density at radius 3 is 1.74 bits per heavy atom. The Balaban J connectivity index is 1.86. The topological polar surface area (TPSA) is 64.6 Å². The Kier molecular flexibility index (Phi) is 13.2. The van der Waals surface area contributed by atoms with Crippen molar-refractivity contribution in [1.29, 1.82) is 0 Å². The lowest BCUT2D eigenvalue weighted by Gasteiger charge is -2.50. The van der Waals surface area contributed by atoms with E-state index in [1.165, 1.54) is 0 Å². The molecule has 0 spiro atoms. The minimum atomic E-state index is -2.11. The summed E-state index contributed by atoms with van der Waals surface area (Å²) in [6, 6.07) is 16.0. The lowest BCUT2D eigenvalue weighted by atomic mass is 9.87. The minimum Gasteiger partial charge on any atom is -0.497 e. The molecule has 0 aromatic heterocycles. The molecule has 0 aliphatic carbocycles. The molecule has 1 aliphatic heterocycles. The first-order valence-corrected chi connectivity index (χ1v) is 22.6. The van der Waals surface area contributed by atoms with Gasteiger partial charge in [-0.25, -0.2) is 0 Å². The first kappa shape index (κ1) is 38.7. The zero-order valence-corrected chi connectivity index (χ0v) is 33.0. The van der Waals surface area contributed by atoms with E-state index in [1.54, 1.807) is 14.2 Å². The van der Waals surface area contributed by atoms with Crippen molar-refractivity contribution in [3.63, 3.8) is 0 Å². The van der Waals surface area contributed by atoms with Crippen molar-refractivity contribution >= 4 is 16.6 Å². The molecule has 2 aromatic carbocycles. The van der Waals surface area contributed by atoms with E-state index >= 15 is 0 Å². The Labute approximate surface area is 281 Å². The molecule has 0 amide bonds. The van der Waals surface area contributed by atoms with Crippen LogP contribution in [0.1, 0.15) is 72.4 Å². The van der Waals surface area contributed by atoms with Gasteiger partial charge in [-0.05, 0) is 85.0 Å². The zero-order valence-electron chi connectivity index (χ0n) is 31.0. The first-order chi connectivity index (χ1) is 21.3. The molecular formula is C37H62O7Si2. The van der Waals surface area contributed by atoms with Gasteiger partial charge in [0.1, 0.15) is 17.1 Å². The Hall–Kier alpha value is -1.73. The number of ether oxygens (including phenoxy) is 5. The van der Waals surface area contributed by atoms with Gasteiger partial charge in [0.25, 0.3) is 0 Å². The van der Waals surface area contributed by atoms with Gasteiger partial charge in [-0.3, -0.25) is 0 Å². The van der Waals surface area contributed by atoms with E-state index in [0.29, 0.717) is 26.4 Å². The van der Waals surface area contributed by atoms with Crippen LogP contribution in [0, 0.1) is 0 Å². The maximum atomic E-state index is 7.13. The molecule has 1 aliphatic rings. The van der Waals surface area contributed by atoms with Gasteiger partial charge in [-0.2, -0.15) is 0 Å². The average Bonchev–Trinajstić information content (AvgIpc) is 2.97. The van der Waals surface area contributed by atoms with Crippen molar-refractivity contribution in [3.8, 4) is 11.5 Å². The molecule has 1 fully saturated rings. The summed E-state index contributed by atoms with van der Waals surface area (Å²) < 4.78 is 44.7. The Morgan fingerprint density at radius 2 is 1.26 bits per heavy atom. The number of rotatable bonds is 15. The molecule has 4 atom stereocenters. The van der Waals surface area contributed by atoms with Crippen LogP contribution in [0.25, 0.3) is 0 Å². The molecule has 0 N–H and O–H groups in total. The van der Waals surface area contributed by atoms with Crippen LogP contribution in [0.4, 0.5) is 0 Å². The molecular weight excluding hydrogens is 613 g/mol. The van der Waals surface area contributed by atoms with Crippen LogP contribution in [-0.2, 0) is 36.3 Å². The van der Waals surface area contributed by atoms with Gasteiger partial charge in [0, 0.05) is 13.0 Å². The van der Waals surface area contributed by atoms with Gasteiger partial charge >= 0.3 is 0 Å². The fourth-order valence-corrected chi connectivity index (χ4v) is 7.48. The van der Waals surface area contributed by atoms with E-state index in [2.05, 4.69) is 74.7 Å². The second-order valence-electron chi connectivity index (χ2n) is 16.0. The van der Waals surface area contributed by atoms with Gasteiger partial charge in [-0.1, -0.05) is 65.8 Å². The van der Waals surface area contributed by atoms with E-state index in [1.807, 2.05) is 48.5 Å². The summed E-state index contributed by atoms with van der Waals surface area (Å²) in [5, 5.41) is 0.207. The molecule has 1 saturated heterocycles. The molecule has 0 saturated carbocycles. The van der Waals surface area contributed by atoms with Crippen molar-refractivity contribution in [3.05, 3.63) is 59.7 Å². The van der Waals surface area contributed by atoms with Crippen LogP contribution in [0.3, 0.4) is 0 Å². The minimum absolute atomic E-state index is 0.0663. The molecule has 0 unspecified atom stereocenters. The molecule has 0 radical (unpaired) electrons. The van der Waals surface area contributed by atoms with E-state index in [-0.39, 0.29) is 28.4 Å². The second-order valence-corrected chi connectivity index (χ2v) is 25.6. The molecule has 260 valence electrons. The monoisotopic (exact) mass is 674 g/mol. The van der Waals surface area contributed by atoms with E-state index in [0.717, 1.165) is 35.5 Å². The van der Waals surface area contributed by atoms with Crippen molar-refractivity contribution in [2.75, 3.05) is 27.4 Å².